The monoisotopic (exact) mass is 271 g/mol. The minimum atomic E-state index is 0.608. The van der Waals surface area contributed by atoms with Crippen molar-refractivity contribution < 1.29 is 0 Å². The van der Waals surface area contributed by atoms with Crippen molar-refractivity contribution in [3.05, 3.63) is 36.4 Å². The van der Waals surface area contributed by atoms with Gasteiger partial charge in [0.1, 0.15) is 11.6 Å². The van der Waals surface area contributed by atoms with Gasteiger partial charge in [-0.3, -0.25) is 0 Å². The van der Waals surface area contributed by atoms with Crippen molar-refractivity contribution in [1.29, 1.82) is 0 Å². The van der Waals surface area contributed by atoms with Gasteiger partial charge in [0.15, 0.2) is 5.82 Å². The van der Waals surface area contributed by atoms with Crippen LogP contribution in [0.25, 0.3) is 11.4 Å². The Morgan fingerprint density at radius 3 is 2.50 bits per heavy atom. The molecule has 0 aliphatic rings. The normalized spacial score (nSPS) is 10.3. The maximum absolute atomic E-state index is 5.47. The van der Waals surface area contributed by atoms with E-state index >= 15 is 0 Å². The molecule has 1 aromatic heterocycles. The molecule has 4 N–H and O–H groups in total. The van der Waals surface area contributed by atoms with Crippen LogP contribution in [-0.2, 0) is 0 Å². The maximum Gasteiger partial charge on any atom is 0.163 e. The number of anilines is 2. The molecule has 1 heterocycles. The number of unbranched alkanes of at least 4 members (excludes halogenated alkanes) is 2. The standard InChI is InChI=1S/C15H21N5/c1-2-3-7-10-17-13-11-14(20-16)19-15(18-13)12-8-5-4-6-9-12/h4-6,8-9,11H,2-3,7,10,16H2,1H3,(H2,17,18,19,20). The average molecular weight is 271 g/mol. The van der Waals surface area contributed by atoms with Crippen LogP contribution >= 0.6 is 0 Å². The Balaban J connectivity index is 2.16. The molecule has 0 saturated carbocycles. The minimum absolute atomic E-state index is 0.608. The van der Waals surface area contributed by atoms with Crippen LogP contribution in [0.2, 0.25) is 0 Å². The van der Waals surface area contributed by atoms with Gasteiger partial charge < -0.3 is 10.7 Å². The quantitative estimate of drug-likeness (QED) is 0.410. The van der Waals surface area contributed by atoms with Gasteiger partial charge in [0, 0.05) is 18.2 Å². The Labute approximate surface area is 119 Å². The lowest BCUT2D eigenvalue weighted by molar-refractivity contribution is 0.742. The molecule has 0 bridgehead atoms. The van der Waals surface area contributed by atoms with Crippen molar-refractivity contribution in [2.75, 3.05) is 17.3 Å². The highest BCUT2D eigenvalue weighted by Crippen LogP contribution is 2.19. The first kappa shape index (κ1) is 14.3. The first-order valence-corrected chi connectivity index (χ1v) is 6.98. The predicted octanol–water partition coefficient (Wildman–Crippen LogP) is 3.03. The Kier molecular flexibility index (Phi) is 5.32. The van der Waals surface area contributed by atoms with Crippen LogP contribution in [0.3, 0.4) is 0 Å². The van der Waals surface area contributed by atoms with E-state index in [1.807, 2.05) is 36.4 Å². The molecular weight excluding hydrogens is 250 g/mol. The number of aromatic nitrogens is 2. The van der Waals surface area contributed by atoms with Crippen LogP contribution in [0.4, 0.5) is 11.6 Å². The summed E-state index contributed by atoms with van der Waals surface area (Å²) in [5.74, 6) is 7.54. The third kappa shape index (κ3) is 3.93. The number of hydrogen-bond donors (Lipinski definition) is 3. The number of nitrogens with zero attached hydrogens (tertiary/aromatic N) is 2. The second-order valence-electron chi connectivity index (χ2n) is 4.61. The van der Waals surface area contributed by atoms with Crippen molar-refractivity contribution in [2.45, 2.75) is 26.2 Å². The summed E-state index contributed by atoms with van der Waals surface area (Å²) in [6.45, 7) is 3.09. The molecule has 0 radical (unpaired) electrons. The molecule has 2 rings (SSSR count). The van der Waals surface area contributed by atoms with Crippen molar-refractivity contribution >= 4 is 11.6 Å². The summed E-state index contributed by atoms with van der Waals surface area (Å²) in [5.41, 5.74) is 3.56. The number of nitrogens with one attached hydrogen (secondary N) is 2. The molecule has 0 aliphatic heterocycles. The zero-order valence-electron chi connectivity index (χ0n) is 11.8. The molecule has 106 valence electrons. The SMILES string of the molecule is CCCCCNc1cc(NN)nc(-c2ccccc2)n1. The van der Waals surface area contributed by atoms with E-state index in [4.69, 9.17) is 5.84 Å². The van der Waals surface area contributed by atoms with Crippen LogP contribution in [0.5, 0.6) is 0 Å². The summed E-state index contributed by atoms with van der Waals surface area (Å²) >= 11 is 0. The largest absolute Gasteiger partial charge is 0.370 e. The molecular formula is C15H21N5. The van der Waals surface area contributed by atoms with E-state index in [-0.39, 0.29) is 0 Å². The lowest BCUT2D eigenvalue weighted by Crippen LogP contribution is -2.11. The Bertz CT molecular complexity index is 527. The lowest BCUT2D eigenvalue weighted by atomic mass is 10.2. The summed E-state index contributed by atoms with van der Waals surface area (Å²) in [4.78, 5) is 8.91. The second kappa shape index (κ2) is 7.45. The van der Waals surface area contributed by atoms with Gasteiger partial charge in [-0.25, -0.2) is 15.8 Å². The molecule has 0 atom stereocenters. The van der Waals surface area contributed by atoms with E-state index in [2.05, 4.69) is 27.6 Å². The van der Waals surface area contributed by atoms with Gasteiger partial charge in [0.05, 0.1) is 0 Å². The molecule has 5 heteroatoms. The van der Waals surface area contributed by atoms with Gasteiger partial charge >= 0.3 is 0 Å². The van der Waals surface area contributed by atoms with E-state index in [1.54, 1.807) is 0 Å². The second-order valence-corrected chi connectivity index (χ2v) is 4.61. The van der Waals surface area contributed by atoms with Crippen LogP contribution in [-0.4, -0.2) is 16.5 Å². The topological polar surface area (TPSA) is 75.9 Å². The summed E-state index contributed by atoms with van der Waals surface area (Å²) in [5, 5.41) is 3.32. The molecule has 5 nitrogen and oxygen atoms in total. The van der Waals surface area contributed by atoms with E-state index in [0.717, 1.165) is 24.3 Å². The summed E-state index contributed by atoms with van der Waals surface area (Å²) < 4.78 is 0. The van der Waals surface area contributed by atoms with Crippen LogP contribution in [0.1, 0.15) is 26.2 Å². The van der Waals surface area contributed by atoms with Crippen molar-refractivity contribution in [1.82, 2.24) is 9.97 Å². The smallest absolute Gasteiger partial charge is 0.163 e. The molecule has 0 fully saturated rings. The Hall–Kier alpha value is -2.14. The molecule has 0 saturated heterocycles. The fourth-order valence-corrected chi connectivity index (χ4v) is 1.92. The highest BCUT2D eigenvalue weighted by atomic mass is 15.3. The van der Waals surface area contributed by atoms with Crippen molar-refractivity contribution in [3.8, 4) is 11.4 Å². The molecule has 20 heavy (non-hydrogen) atoms. The van der Waals surface area contributed by atoms with Crippen molar-refractivity contribution in [3.63, 3.8) is 0 Å². The number of nitrogen functional groups attached to an aromatic ring is 1. The Morgan fingerprint density at radius 2 is 1.80 bits per heavy atom. The number of rotatable bonds is 7. The molecule has 0 aliphatic carbocycles. The van der Waals surface area contributed by atoms with Gasteiger partial charge in [-0.05, 0) is 6.42 Å². The third-order valence-corrected chi connectivity index (χ3v) is 2.99. The lowest BCUT2D eigenvalue weighted by Gasteiger charge is -2.09. The highest BCUT2D eigenvalue weighted by molar-refractivity contribution is 5.60. The van der Waals surface area contributed by atoms with Crippen LogP contribution in [0, 0.1) is 0 Å². The van der Waals surface area contributed by atoms with Crippen LogP contribution < -0.4 is 16.6 Å². The molecule has 0 unspecified atom stereocenters. The van der Waals surface area contributed by atoms with Gasteiger partial charge in [0.2, 0.25) is 0 Å². The zero-order chi connectivity index (χ0) is 14.2. The Morgan fingerprint density at radius 1 is 1.05 bits per heavy atom. The van der Waals surface area contributed by atoms with E-state index in [1.165, 1.54) is 12.8 Å². The van der Waals surface area contributed by atoms with Crippen LogP contribution in [0.15, 0.2) is 36.4 Å². The minimum Gasteiger partial charge on any atom is -0.370 e. The molecule has 0 amide bonds. The summed E-state index contributed by atoms with van der Waals surface area (Å²) in [6, 6.07) is 11.7. The fourth-order valence-electron chi connectivity index (χ4n) is 1.92. The van der Waals surface area contributed by atoms with Gasteiger partial charge in [-0.2, -0.15) is 0 Å². The zero-order valence-corrected chi connectivity index (χ0v) is 11.8. The first-order chi connectivity index (χ1) is 9.83. The van der Waals surface area contributed by atoms with E-state index < -0.39 is 0 Å². The summed E-state index contributed by atoms with van der Waals surface area (Å²) in [6.07, 6.45) is 3.55. The molecule has 1 aromatic carbocycles. The number of hydrogen-bond acceptors (Lipinski definition) is 5. The van der Waals surface area contributed by atoms with Crippen molar-refractivity contribution in [2.24, 2.45) is 5.84 Å². The number of benzene rings is 1. The number of hydrazine groups is 1. The van der Waals surface area contributed by atoms with Gasteiger partial charge in [-0.1, -0.05) is 50.1 Å². The fraction of sp³-hybridized carbons (Fsp3) is 0.333. The maximum atomic E-state index is 5.47. The molecule has 0 spiro atoms. The highest BCUT2D eigenvalue weighted by Gasteiger charge is 2.05. The van der Waals surface area contributed by atoms with Gasteiger partial charge in [0.25, 0.3) is 0 Å². The van der Waals surface area contributed by atoms with E-state index in [0.29, 0.717) is 11.6 Å². The average Bonchev–Trinajstić information content (AvgIpc) is 2.52. The predicted molar refractivity (Wildman–Crippen MR) is 83.3 cm³/mol. The number of nitrogens with two attached hydrogens (primary N) is 1. The van der Waals surface area contributed by atoms with E-state index in [9.17, 15) is 0 Å². The summed E-state index contributed by atoms with van der Waals surface area (Å²) in [7, 11) is 0. The third-order valence-electron chi connectivity index (χ3n) is 2.99. The molecule has 2 aromatic rings. The van der Waals surface area contributed by atoms with Gasteiger partial charge in [-0.15, -0.1) is 0 Å². The first-order valence-electron chi connectivity index (χ1n) is 6.98.